The lowest BCUT2D eigenvalue weighted by molar-refractivity contribution is -0.150. The van der Waals surface area contributed by atoms with Crippen molar-refractivity contribution < 1.29 is 14.7 Å². The monoisotopic (exact) mass is 239 g/mol. The molecular weight excluding hydrogens is 226 g/mol. The number of carboxylic acid groups (broad SMARTS) is 1. The van der Waals surface area contributed by atoms with E-state index in [-0.39, 0.29) is 18.4 Å². The van der Waals surface area contributed by atoms with E-state index in [9.17, 15) is 9.59 Å². The van der Waals surface area contributed by atoms with Gasteiger partial charge in [0.1, 0.15) is 12.9 Å². The molecule has 2 heterocycles. The van der Waals surface area contributed by atoms with Gasteiger partial charge >= 0.3 is 5.97 Å². The lowest BCUT2D eigenvalue weighted by Crippen LogP contribution is -2.54. The Kier molecular flexibility index (Phi) is 3.03. The molecule has 1 atom stereocenters. The number of amides is 1. The maximum atomic E-state index is 11.7. The zero-order valence-corrected chi connectivity index (χ0v) is 9.35. The first-order valence-electron chi connectivity index (χ1n) is 5.29. The molecule has 1 aromatic rings. The van der Waals surface area contributed by atoms with E-state index in [0.29, 0.717) is 13.1 Å². The van der Waals surface area contributed by atoms with Gasteiger partial charge in [0.25, 0.3) is 0 Å². The number of hydrogen-bond acceptors (Lipinski definition) is 5. The van der Waals surface area contributed by atoms with E-state index < -0.39 is 11.9 Å². The van der Waals surface area contributed by atoms with Gasteiger partial charge in [-0.15, -0.1) is 5.10 Å². The fraction of sp³-hybridized carbons (Fsp3) is 0.667. The van der Waals surface area contributed by atoms with Crippen LogP contribution >= 0.6 is 0 Å². The Balaban J connectivity index is 1.80. The molecule has 1 unspecified atom stereocenters. The van der Waals surface area contributed by atoms with Gasteiger partial charge < -0.3 is 10.0 Å². The summed E-state index contributed by atoms with van der Waals surface area (Å²) in [6.45, 7) is 2.75. The molecule has 0 saturated carbocycles. The second-order valence-electron chi connectivity index (χ2n) is 4.19. The molecule has 0 aliphatic carbocycles. The van der Waals surface area contributed by atoms with Crippen LogP contribution in [-0.2, 0) is 16.1 Å². The Labute approximate surface area is 97.2 Å². The topological polar surface area (TPSA) is 101 Å². The molecule has 0 radical (unpaired) electrons. The number of carboxylic acids is 1. The lowest BCUT2D eigenvalue weighted by Gasteiger charge is -2.41. The highest BCUT2D eigenvalue weighted by atomic mass is 16.4. The first kappa shape index (κ1) is 11.5. The van der Waals surface area contributed by atoms with Crippen molar-refractivity contribution in [1.82, 2.24) is 25.1 Å². The van der Waals surface area contributed by atoms with Gasteiger partial charge in [-0.2, -0.15) is 0 Å². The van der Waals surface area contributed by atoms with Gasteiger partial charge in [0.15, 0.2) is 0 Å². The van der Waals surface area contributed by atoms with Gasteiger partial charge in [0, 0.05) is 19.0 Å². The van der Waals surface area contributed by atoms with Crippen molar-refractivity contribution in [3.05, 3.63) is 6.33 Å². The SMILES string of the molecule is CC(C(=O)O)C1CN(C(=O)Cn2cnnn2)C1. The number of rotatable bonds is 4. The molecule has 1 aromatic heterocycles. The first-order valence-corrected chi connectivity index (χ1v) is 5.29. The van der Waals surface area contributed by atoms with Crippen molar-refractivity contribution in [2.45, 2.75) is 13.5 Å². The minimum absolute atomic E-state index is 0.0466. The number of aromatic nitrogens is 4. The highest BCUT2D eigenvalue weighted by molar-refractivity contribution is 5.77. The van der Waals surface area contributed by atoms with Crippen molar-refractivity contribution in [2.24, 2.45) is 11.8 Å². The Hall–Kier alpha value is -1.99. The Morgan fingerprint density at radius 3 is 2.76 bits per heavy atom. The molecule has 1 amide bonds. The molecule has 1 aliphatic heterocycles. The molecule has 1 aliphatic rings. The van der Waals surface area contributed by atoms with Crippen molar-refractivity contribution in [3.63, 3.8) is 0 Å². The highest BCUT2D eigenvalue weighted by Gasteiger charge is 2.37. The van der Waals surface area contributed by atoms with Gasteiger partial charge in [-0.05, 0) is 10.4 Å². The third-order valence-corrected chi connectivity index (χ3v) is 3.05. The first-order chi connectivity index (χ1) is 8.08. The highest BCUT2D eigenvalue weighted by Crippen LogP contribution is 2.24. The maximum absolute atomic E-state index is 11.7. The molecule has 0 bridgehead atoms. The van der Waals surface area contributed by atoms with Crippen molar-refractivity contribution in [1.29, 1.82) is 0 Å². The summed E-state index contributed by atoms with van der Waals surface area (Å²) in [4.78, 5) is 24.0. The van der Waals surface area contributed by atoms with E-state index in [0.717, 1.165) is 0 Å². The number of hydrogen-bond donors (Lipinski definition) is 1. The van der Waals surface area contributed by atoms with Gasteiger partial charge in [0.2, 0.25) is 5.91 Å². The minimum atomic E-state index is -0.817. The molecule has 1 fully saturated rings. The van der Waals surface area contributed by atoms with Crippen LogP contribution in [0, 0.1) is 11.8 Å². The van der Waals surface area contributed by atoms with Crippen LogP contribution in [0.1, 0.15) is 6.92 Å². The quantitative estimate of drug-likeness (QED) is 0.712. The standard InChI is InChI=1S/C9H13N5O3/c1-6(9(16)17)7-2-13(3-7)8(15)4-14-5-10-11-12-14/h5-7H,2-4H2,1H3,(H,16,17). The molecule has 0 spiro atoms. The number of carbonyl (C=O) groups excluding carboxylic acids is 1. The smallest absolute Gasteiger partial charge is 0.306 e. The number of tetrazole rings is 1. The average Bonchev–Trinajstić information content (AvgIpc) is 2.67. The number of likely N-dealkylation sites (tertiary alicyclic amines) is 1. The molecule has 2 rings (SSSR count). The maximum Gasteiger partial charge on any atom is 0.306 e. The Morgan fingerprint density at radius 1 is 1.53 bits per heavy atom. The molecule has 8 nitrogen and oxygen atoms in total. The zero-order valence-electron chi connectivity index (χ0n) is 9.35. The van der Waals surface area contributed by atoms with Gasteiger partial charge in [-0.3, -0.25) is 9.59 Å². The largest absolute Gasteiger partial charge is 0.481 e. The number of aliphatic carboxylic acids is 1. The van der Waals surface area contributed by atoms with Gasteiger partial charge in [-0.25, -0.2) is 4.68 Å². The Morgan fingerprint density at radius 2 is 2.24 bits per heavy atom. The summed E-state index contributed by atoms with van der Waals surface area (Å²) in [7, 11) is 0. The third-order valence-electron chi connectivity index (χ3n) is 3.05. The van der Waals surface area contributed by atoms with E-state index in [1.165, 1.54) is 11.0 Å². The third kappa shape index (κ3) is 2.40. The predicted octanol–water partition coefficient (Wildman–Crippen LogP) is -1.15. The molecule has 0 aromatic carbocycles. The normalized spacial score (nSPS) is 17.6. The summed E-state index contributed by atoms with van der Waals surface area (Å²) in [6.07, 6.45) is 1.37. The summed E-state index contributed by atoms with van der Waals surface area (Å²) in [5, 5.41) is 19.3. The number of nitrogens with zero attached hydrogens (tertiary/aromatic N) is 5. The second kappa shape index (κ2) is 4.48. The molecule has 92 valence electrons. The van der Waals surface area contributed by atoms with Crippen LogP contribution in [0.15, 0.2) is 6.33 Å². The lowest BCUT2D eigenvalue weighted by atomic mass is 9.87. The van der Waals surface area contributed by atoms with Crippen molar-refractivity contribution in [2.75, 3.05) is 13.1 Å². The zero-order chi connectivity index (χ0) is 12.4. The summed E-state index contributed by atoms with van der Waals surface area (Å²) >= 11 is 0. The van der Waals surface area contributed by atoms with Crippen LogP contribution in [-0.4, -0.2) is 55.2 Å². The van der Waals surface area contributed by atoms with E-state index >= 15 is 0 Å². The predicted molar refractivity (Wildman–Crippen MR) is 54.7 cm³/mol. The van der Waals surface area contributed by atoms with E-state index in [1.807, 2.05) is 0 Å². The number of carbonyl (C=O) groups is 2. The van der Waals surface area contributed by atoms with E-state index in [2.05, 4.69) is 15.5 Å². The van der Waals surface area contributed by atoms with E-state index in [4.69, 9.17) is 5.11 Å². The molecule has 1 saturated heterocycles. The summed E-state index contributed by atoms with van der Waals surface area (Å²) in [5.41, 5.74) is 0. The summed E-state index contributed by atoms with van der Waals surface area (Å²) < 4.78 is 1.34. The molecule has 1 N–H and O–H groups in total. The van der Waals surface area contributed by atoms with Crippen LogP contribution in [0.4, 0.5) is 0 Å². The van der Waals surface area contributed by atoms with Crippen LogP contribution < -0.4 is 0 Å². The molecular formula is C9H13N5O3. The molecule has 8 heteroatoms. The average molecular weight is 239 g/mol. The van der Waals surface area contributed by atoms with Crippen LogP contribution in [0.2, 0.25) is 0 Å². The summed E-state index contributed by atoms with van der Waals surface area (Å²) in [5.74, 6) is -1.27. The molecule has 17 heavy (non-hydrogen) atoms. The second-order valence-corrected chi connectivity index (χ2v) is 4.19. The fourth-order valence-electron chi connectivity index (χ4n) is 1.73. The van der Waals surface area contributed by atoms with Crippen molar-refractivity contribution in [3.8, 4) is 0 Å². The van der Waals surface area contributed by atoms with E-state index in [1.54, 1.807) is 11.8 Å². The minimum Gasteiger partial charge on any atom is -0.481 e. The summed E-state index contributed by atoms with van der Waals surface area (Å²) in [6, 6.07) is 0. The Bertz CT molecular complexity index is 412. The van der Waals surface area contributed by atoms with Gasteiger partial charge in [0.05, 0.1) is 5.92 Å². The van der Waals surface area contributed by atoms with Crippen LogP contribution in [0.3, 0.4) is 0 Å². The van der Waals surface area contributed by atoms with Crippen molar-refractivity contribution >= 4 is 11.9 Å². The van der Waals surface area contributed by atoms with Crippen LogP contribution in [0.25, 0.3) is 0 Å². The van der Waals surface area contributed by atoms with Crippen LogP contribution in [0.5, 0.6) is 0 Å². The fourth-order valence-corrected chi connectivity index (χ4v) is 1.73. The van der Waals surface area contributed by atoms with Gasteiger partial charge in [-0.1, -0.05) is 6.92 Å².